The molecule has 5 rings (SSSR count). The van der Waals surface area contributed by atoms with Crippen LogP contribution in [0, 0.1) is 6.92 Å². The average Bonchev–Trinajstić information content (AvgIpc) is 2.91. The van der Waals surface area contributed by atoms with E-state index >= 15 is 0 Å². The van der Waals surface area contributed by atoms with Crippen molar-refractivity contribution in [2.75, 3.05) is 18.4 Å². The predicted octanol–water partition coefficient (Wildman–Crippen LogP) is 5.24. The van der Waals surface area contributed by atoms with Gasteiger partial charge in [-0.1, -0.05) is 36.4 Å². The van der Waals surface area contributed by atoms with Crippen molar-refractivity contribution in [3.8, 4) is 22.3 Å². The molecule has 37 heavy (non-hydrogen) atoms. The van der Waals surface area contributed by atoms with E-state index in [2.05, 4.69) is 26.3 Å². The molecule has 2 atom stereocenters. The van der Waals surface area contributed by atoms with Crippen molar-refractivity contribution >= 4 is 11.6 Å². The number of anilines is 1. The minimum atomic E-state index is -0.963. The zero-order chi connectivity index (χ0) is 25.8. The van der Waals surface area contributed by atoms with Crippen LogP contribution in [0.15, 0.2) is 85.2 Å². The van der Waals surface area contributed by atoms with E-state index in [0.29, 0.717) is 37.4 Å². The first-order valence-electron chi connectivity index (χ1n) is 12.5. The summed E-state index contributed by atoms with van der Waals surface area (Å²) in [4.78, 5) is 24.1. The Morgan fingerprint density at radius 1 is 1.00 bits per heavy atom. The zero-order valence-electron chi connectivity index (χ0n) is 20.8. The summed E-state index contributed by atoms with van der Waals surface area (Å²) in [5, 5.41) is 3.03. The number of nitrogens with zero attached hydrogens (tertiary/aromatic N) is 3. The number of pyridine rings is 2. The Hall–Kier alpha value is -3.94. The van der Waals surface area contributed by atoms with Gasteiger partial charge < -0.3 is 11.1 Å². The van der Waals surface area contributed by atoms with E-state index in [1.54, 1.807) is 12.3 Å². The lowest BCUT2D eigenvalue weighted by Gasteiger charge is -2.33. The van der Waals surface area contributed by atoms with Gasteiger partial charge in [0.1, 0.15) is 11.9 Å². The van der Waals surface area contributed by atoms with Crippen LogP contribution in [0.5, 0.6) is 0 Å². The summed E-state index contributed by atoms with van der Waals surface area (Å²) in [5.74, 6) is -0.289. The van der Waals surface area contributed by atoms with Crippen molar-refractivity contribution in [3.05, 3.63) is 102 Å². The highest BCUT2D eigenvalue weighted by atomic mass is 19.1. The summed E-state index contributed by atoms with van der Waals surface area (Å²) in [6, 6.07) is 23.0. The summed E-state index contributed by atoms with van der Waals surface area (Å²) in [5.41, 5.74) is 12.7. The van der Waals surface area contributed by atoms with Gasteiger partial charge in [-0.05, 0) is 72.0 Å². The number of piperidine rings is 1. The summed E-state index contributed by atoms with van der Waals surface area (Å²) in [7, 11) is 0. The number of amides is 1. The molecule has 6 nitrogen and oxygen atoms in total. The van der Waals surface area contributed by atoms with Gasteiger partial charge in [0.2, 0.25) is 0 Å². The highest BCUT2D eigenvalue weighted by Gasteiger charge is 2.26. The van der Waals surface area contributed by atoms with Crippen molar-refractivity contribution < 1.29 is 9.18 Å². The molecule has 1 amide bonds. The second-order valence-corrected chi connectivity index (χ2v) is 9.56. The number of aryl methyl sites for hydroxylation is 1. The van der Waals surface area contributed by atoms with E-state index in [1.165, 1.54) is 0 Å². The van der Waals surface area contributed by atoms with Crippen LogP contribution in [0.1, 0.15) is 28.2 Å². The number of carbonyl (C=O) groups is 1. The van der Waals surface area contributed by atoms with Crippen molar-refractivity contribution in [2.45, 2.75) is 32.1 Å². The first-order valence-corrected chi connectivity index (χ1v) is 12.5. The topological polar surface area (TPSA) is 84.1 Å². The molecule has 3 N–H and O–H groups in total. The lowest BCUT2D eigenvalue weighted by Crippen LogP contribution is -2.49. The zero-order valence-corrected chi connectivity index (χ0v) is 20.8. The molecule has 0 spiro atoms. The van der Waals surface area contributed by atoms with E-state index in [1.807, 2.05) is 73.8 Å². The molecule has 1 aliphatic heterocycles. The fraction of sp³-hybridized carbons (Fsp3) is 0.233. The summed E-state index contributed by atoms with van der Waals surface area (Å²) >= 11 is 0. The molecule has 0 aliphatic carbocycles. The average molecular weight is 496 g/mol. The highest BCUT2D eigenvalue weighted by Crippen LogP contribution is 2.27. The number of halogens is 1. The molecule has 2 aromatic heterocycles. The van der Waals surface area contributed by atoms with E-state index in [4.69, 9.17) is 5.73 Å². The number of alkyl halides is 1. The number of hydrogen-bond donors (Lipinski definition) is 2. The Morgan fingerprint density at radius 3 is 2.59 bits per heavy atom. The maximum atomic E-state index is 13.9. The largest absolute Gasteiger partial charge is 0.324 e. The minimum absolute atomic E-state index is 0.289. The number of hydrogen-bond acceptors (Lipinski definition) is 5. The van der Waals surface area contributed by atoms with Gasteiger partial charge in [-0.15, -0.1) is 0 Å². The smallest absolute Gasteiger partial charge is 0.274 e. The van der Waals surface area contributed by atoms with E-state index in [9.17, 15) is 9.18 Å². The van der Waals surface area contributed by atoms with Gasteiger partial charge in [0.25, 0.3) is 5.91 Å². The number of nitrogens with one attached hydrogen (secondary N) is 1. The second-order valence-electron chi connectivity index (χ2n) is 9.56. The molecule has 2 aromatic carbocycles. The first-order chi connectivity index (χ1) is 17.9. The molecule has 1 aliphatic rings. The summed E-state index contributed by atoms with van der Waals surface area (Å²) in [6.07, 6.45) is 2.94. The van der Waals surface area contributed by atoms with Gasteiger partial charge >= 0.3 is 0 Å². The number of aromatic nitrogens is 2. The summed E-state index contributed by atoms with van der Waals surface area (Å²) in [6.45, 7) is 3.69. The van der Waals surface area contributed by atoms with Crippen LogP contribution >= 0.6 is 0 Å². The monoisotopic (exact) mass is 495 g/mol. The van der Waals surface area contributed by atoms with Crippen LogP contribution in [0.25, 0.3) is 22.3 Å². The maximum Gasteiger partial charge on any atom is 0.274 e. The fourth-order valence-corrected chi connectivity index (χ4v) is 4.65. The van der Waals surface area contributed by atoms with E-state index in [-0.39, 0.29) is 5.91 Å². The maximum absolute atomic E-state index is 13.9. The number of rotatable bonds is 6. The third-order valence-corrected chi connectivity index (χ3v) is 6.66. The molecule has 0 radical (unpaired) electrons. The quantitative estimate of drug-likeness (QED) is 0.382. The van der Waals surface area contributed by atoms with Gasteiger partial charge in [-0.3, -0.25) is 19.7 Å². The normalized spacial score (nSPS) is 17.9. The number of nitrogens with two attached hydrogens (primary N) is 1. The van der Waals surface area contributed by atoms with Crippen LogP contribution in [-0.4, -0.2) is 46.1 Å². The molecule has 0 unspecified atom stereocenters. The molecular weight excluding hydrogens is 465 g/mol. The predicted molar refractivity (Wildman–Crippen MR) is 145 cm³/mol. The summed E-state index contributed by atoms with van der Waals surface area (Å²) < 4.78 is 13.9. The van der Waals surface area contributed by atoms with Crippen molar-refractivity contribution in [1.82, 2.24) is 14.9 Å². The standard InChI is InChI=1S/C30H30FN5O/c1-20-7-8-24(17-34-20)25-13-21(18-36-12-10-27(31)28(32)19-36)14-26(15-25)35-30(37)29-16-23(9-11-33-29)22-5-3-2-4-6-22/h2-9,11,13-17,27-28H,10,12,18-19,32H2,1H3,(H,35,37)/t27-,28-/m1/s1. The Bertz CT molecular complexity index is 1380. The molecular formula is C30H30FN5O. The molecule has 1 saturated heterocycles. The third-order valence-electron chi connectivity index (χ3n) is 6.66. The van der Waals surface area contributed by atoms with E-state index < -0.39 is 12.2 Å². The third kappa shape index (κ3) is 6.07. The van der Waals surface area contributed by atoms with Crippen LogP contribution in [0.4, 0.5) is 10.1 Å². The highest BCUT2D eigenvalue weighted by molar-refractivity contribution is 6.03. The number of benzene rings is 2. The minimum Gasteiger partial charge on any atom is -0.324 e. The van der Waals surface area contributed by atoms with E-state index in [0.717, 1.165) is 33.5 Å². The van der Waals surface area contributed by atoms with Crippen LogP contribution in [0.2, 0.25) is 0 Å². The van der Waals surface area contributed by atoms with Crippen LogP contribution < -0.4 is 11.1 Å². The van der Waals surface area contributed by atoms with Gasteiger partial charge in [0, 0.05) is 55.0 Å². The van der Waals surface area contributed by atoms with Gasteiger partial charge in [-0.2, -0.15) is 0 Å². The van der Waals surface area contributed by atoms with Crippen molar-refractivity contribution in [1.29, 1.82) is 0 Å². The first kappa shape index (κ1) is 24.7. The fourth-order valence-electron chi connectivity index (χ4n) is 4.65. The Morgan fingerprint density at radius 2 is 1.84 bits per heavy atom. The molecule has 7 heteroatoms. The second kappa shape index (κ2) is 11.0. The lowest BCUT2D eigenvalue weighted by molar-refractivity contribution is 0.102. The Balaban J connectivity index is 1.42. The van der Waals surface area contributed by atoms with Crippen molar-refractivity contribution in [3.63, 3.8) is 0 Å². The molecule has 1 fully saturated rings. The molecule has 0 saturated carbocycles. The van der Waals surface area contributed by atoms with Gasteiger partial charge in [0.15, 0.2) is 0 Å². The molecule has 188 valence electrons. The number of likely N-dealkylation sites (tertiary alicyclic amines) is 1. The Labute approximate surface area is 216 Å². The molecule has 3 heterocycles. The van der Waals surface area contributed by atoms with Crippen molar-refractivity contribution in [2.24, 2.45) is 5.73 Å². The van der Waals surface area contributed by atoms with Gasteiger partial charge in [-0.25, -0.2) is 4.39 Å². The Kier molecular flexibility index (Phi) is 7.35. The molecule has 0 bridgehead atoms. The molecule has 4 aromatic rings. The SMILES string of the molecule is Cc1ccc(-c2cc(CN3CC[C@@H](F)[C@H](N)C3)cc(NC(=O)c3cc(-c4ccccc4)ccn3)c2)cn1. The van der Waals surface area contributed by atoms with Crippen LogP contribution in [0.3, 0.4) is 0 Å². The number of carbonyl (C=O) groups excluding carboxylic acids is 1. The van der Waals surface area contributed by atoms with Gasteiger partial charge in [0.05, 0.1) is 0 Å². The van der Waals surface area contributed by atoms with Crippen LogP contribution in [-0.2, 0) is 6.54 Å². The lowest BCUT2D eigenvalue weighted by atomic mass is 10.0.